The third-order valence-electron chi connectivity index (χ3n) is 3.45. The molecule has 0 unspecified atom stereocenters. The van der Waals surface area contributed by atoms with Crippen LogP contribution in [-0.4, -0.2) is 31.3 Å². The first-order valence-electron chi connectivity index (χ1n) is 6.88. The topological polar surface area (TPSA) is 12.5 Å². The second-order valence-electron chi connectivity index (χ2n) is 5.23. The van der Waals surface area contributed by atoms with Crippen LogP contribution in [0.4, 0.5) is 0 Å². The highest BCUT2D eigenvalue weighted by molar-refractivity contribution is 7.99. The minimum absolute atomic E-state index is 0. The highest BCUT2D eigenvalue weighted by Gasteiger charge is 2.26. The van der Waals surface area contributed by atoms with Gasteiger partial charge < -0.3 is 9.64 Å². The molecule has 2 aromatic rings. The molecular weight excluding hydrogens is 302 g/mol. The van der Waals surface area contributed by atoms with Crippen LogP contribution in [0.15, 0.2) is 48.5 Å². The molecule has 2 aromatic carbocycles. The first kappa shape index (κ1) is 16.2. The highest BCUT2D eigenvalue weighted by atomic mass is 35.5. The average Bonchev–Trinajstić information content (AvgIpc) is 2.46. The van der Waals surface area contributed by atoms with Crippen LogP contribution in [0.3, 0.4) is 0 Å². The van der Waals surface area contributed by atoms with E-state index in [2.05, 4.69) is 55.4 Å². The summed E-state index contributed by atoms with van der Waals surface area (Å²) in [5.74, 6) is 3.10. The zero-order chi connectivity index (χ0) is 13.9. The van der Waals surface area contributed by atoms with Crippen LogP contribution in [0.5, 0.6) is 11.5 Å². The van der Waals surface area contributed by atoms with Gasteiger partial charge in [0.05, 0.1) is 5.25 Å². The van der Waals surface area contributed by atoms with E-state index in [9.17, 15) is 0 Å². The Morgan fingerprint density at radius 3 is 2.00 bits per heavy atom. The maximum Gasteiger partial charge on any atom is 0.132 e. The van der Waals surface area contributed by atoms with Crippen molar-refractivity contribution in [2.24, 2.45) is 0 Å². The van der Waals surface area contributed by atoms with Crippen LogP contribution >= 0.6 is 24.2 Å². The molecule has 0 fully saturated rings. The summed E-state index contributed by atoms with van der Waals surface area (Å²) < 4.78 is 6.01. The number of nitrogens with zero attached hydrogens (tertiary/aromatic N) is 1. The van der Waals surface area contributed by atoms with Gasteiger partial charge in [0.15, 0.2) is 0 Å². The summed E-state index contributed by atoms with van der Waals surface area (Å²) in [6, 6.07) is 16.7. The summed E-state index contributed by atoms with van der Waals surface area (Å²) in [6.45, 7) is 1.09. The van der Waals surface area contributed by atoms with Crippen molar-refractivity contribution in [3.8, 4) is 11.5 Å². The molecule has 3 rings (SSSR count). The molecule has 0 saturated carbocycles. The molecule has 1 heterocycles. The van der Waals surface area contributed by atoms with Gasteiger partial charge in [-0.1, -0.05) is 36.4 Å². The Labute approximate surface area is 136 Å². The molecule has 0 N–H and O–H groups in total. The summed E-state index contributed by atoms with van der Waals surface area (Å²) >= 11 is 1.99. The van der Waals surface area contributed by atoms with Crippen LogP contribution < -0.4 is 4.74 Å². The van der Waals surface area contributed by atoms with Crippen LogP contribution in [-0.2, 0) is 0 Å². The average molecular weight is 322 g/mol. The van der Waals surface area contributed by atoms with Crippen molar-refractivity contribution in [1.29, 1.82) is 0 Å². The summed E-state index contributed by atoms with van der Waals surface area (Å²) in [5, 5.41) is 0.371. The van der Waals surface area contributed by atoms with Gasteiger partial charge >= 0.3 is 0 Å². The van der Waals surface area contributed by atoms with Crippen LogP contribution in [0.25, 0.3) is 0 Å². The largest absolute Gasteiger partial charge is 0.457 e. The lowest BCUT2D eigenvalue weighted by molar-refractivity contribution is 0.437. The van der Waals surface area contributed by atoms with Gasteiger partial charge in [0.1, 0.15) is 11.5 Å². The quantitative estimate of drug-likeness (QED) is 0.816. The predicted molar refractivity (Wildman–Crippen MR) is 93.1 cm³/mol. The molecule has 1 aliphatic rings. The number of hydrogen-bond donors (Lipinski definition) is 0. The Hall–Kier alpha value is -1.16. The van der Waals surface area contributed by atoms with Crippen molar-refractivity contribution in [3.63, 3.8) is 0 Å². The molecule has 0 aliphatic carbocycles. The summed E-state index contributed by atoms with van der Waals surface area (Å²) in [4.78, 5) is 2.23. The second-order valence-corrected chi connectivity index (χ2v) is 6.44. The molecular formula is C17H20ClNOS. The van der Waals surface area contributed by atoms with Crippen molar-refractivity contribution in [1.82, 2.24) is 4.90 Å². The molecule has 0 atom stereocenters. The normalized spacial score (nSPS) is 13.1. The van der Waals surface area contributed by atoms with E-state index in [-0.39, 0.29) is 12.4 Å². The smallest absolute Gasteiger partial charge is 0.132 e. The van der Waals surface area contributed by atoms with E-state index in [0.29, 0.717) is 5.25 Å². The zero-order valence-corrected chi connectivity index (χ0v) is 13.9. The number of benzene rings is 2. The first-order chi connectivity index (χ1) is 9.75. The lowest BCUT2D eigenvalue weighted by atomic mass is 10.00. The van der Waals surface area contributed by atoms with E-state index in [4.69, 9.17) is 4.74 Å². The van der Waals surface area contributed by atoms with Crippen molar-refractivity contribution in [2.75, 3.05) is 26.4 Å². The molecule has 0 spiro atoms. The van der Waals surface area contributed by atoms with E-state index in [1.807, 2.05) is 23.9 Å². The number of thioether (sulfide) groups is 1. The maximum absolute atomic E-state index is 6.01. The van der Waals surface area contributed by atoms with Crippen LogP contribution in [0.2, 0.25) is 0 Å². The number of fused-ring (bicyclic) bond motifs is 2. The molecule has 0 bridgehead atoms. The van der Waals surface area contributed by atoms with Gasteiger partial charge in [0.2, 0.25) is 0 Å². The van der Waals surface area contributed by atoms with Gasteiger partial charge in [-0.05, 0) is 26.2 Å². The van der Waals surface area contributed by atoms with Gasteiger partial charge in [-0.2, -0.15) is 0 Å². The van der Waals surface area contributed by atoms with Crippen molar-refractivity contribution in [3.05, 3.63) is 59.7 Å². The van der Waals surface area contributed by atoms with E-state index in [1.54, 1.807) is 0 Å². The van der Waals surface area contributed by atoms with Gasteiger partial charge in [-0.25, -0.2) is 0 Å². The van der Waals surface area contributed by atoms with E-state index < -0.39 is 0 Å². The summed E-state index contributed by atoms with van der Waals surface area (Å²) in [5.41, 5.74) is 2.57. The lowest BCUT2D eigenvalue weighted by Crippen LogP contribution is -2.16. The minimum atomic E-state index is 0. The van der Waals surface area contributed by atoms with E-state index >= 15 is 0 Å². The number of rotatable bonds is 4. The second kappa shape index (κ2) is 7.21. The molecule has 1 aliphatic heterocycles. The van der Waals surface area contributed by atoms with E-state index in [1.165, 1.54) is 11.1 Å². The van der Waals surface area contributed by atoms with Crippen molar-refractivity contribution >= 4 is 24.2 Å². The predicted octanol–water partition coefficient (Wildman–Crippen LogP) is 4.60. The molecule has 0 radical (unpaired) electrons. The molecule has 21 heavy (non-hydrogen) atoms. The van der Waals surface area contributed by atoms with Gasteiger partial charge in [0.25, 0.3) is 0 Å². The Kier molecular flexibility index (Phi) is 5.57. The van der Waals surface area contributed by atoms with Crippen molar-refractivity contribution < 1.29 is 4.74 Å². The number of hydrogen-bond acceptors (Lipinski definition) is 3. The fraction of sp³-hybridized carbons (Fsp3) is 0.294. The molecule has 4 heteroatoms. The Bertz CT molecular complexity index is 557. The molecule has 0 aromatic heterocycles. The molecule has 0 amide bonds. The monoisotopic (exact) mass is 321 g/mol. The van der Waals surface area contributed by atoms with Crippen LogP contribution in [0, 0.1) is 0 Å². The fourth-order valence-corrected chi connectivity index (χ4v) is 3.85. The molecule has 112 valence electrons. The third kappa shape index (κ3) is 3.54. The number of para-hydroxylation sites is 2. The molecule has 2 nitrogen and oxygen atoms in total. The van der Waals surface area contributed by atoms with Gasteiger partial charge in [-0.3, -0.25) is 0 Å². The Morgan fingerprint density at radius 2 is 1.48 bits per heavy atom. The minimum Gasteiger partial charge on any atom is -0.457 e. The Morgan fingerprint density at radius 1 is 0.952 bits per heavy atom. The summed E-state index contributed by atoms with van der Waals surface area (Å²) in [7, 11) is 4.23. The van der Waals surface area contributed by atoms with Crippen LogP contribution in [0.1, 0.15) is 16.4 Å². The zero-order valence-electron chi connectivity index (χ0n) is 12.3. The third-order valence-corrected chi connectivity index (χ3v) is 4.71. The lowest BCUT2D eigenvalue weighted by Gasteiger charge is -2.28. The Balaban J connectivity index is 0.00000161. The number of halogens is 1. The SMILES string of the molecule is CN(C)CCSC1c2ccccc2Oc2ccccc21.Cl. The van der Waals surface area contributed by atoms with Gasteiger partial charge in [-0.15, -0.1) is 24.2 Å². The highest BCUT2D eigenvalue weighted by Crippen LogP contribution is 2.48. The van der Waals surface area contributed by atoms with E-state index in [0.717, 1.165) is 23.8 Å². The number of ether oxygens (including phenoxy) is 1. The van der Waals surface area contributed by atoms with Gasteiger partial charge in [0, 0.05) is 23.4 Å². The standard InChI is InChI=1S/C17H19NOS.ClH/c1-18(2)11-12-20-17-13-7-3-5-9-15(13)19-16-10-6-4-8-14(16)17;/h3-10,17H,11-12H2,1-2H3;1H. The molecule has 0 saturated heterocycles. The first-order valence-corrected chi connectivity index (χ1v) is 7.92. The maximum atomic E-state index is 6.01. The van der Waals surface area contributed by atoms with Crippen molar-refractivity contribution in [2.45, 2.75) is 5.25 Å². The summed E-state index contributed by atoms with van der Waals surface area (Å²) in [6.07, 6.45) is 0. The fourth-order valence-electron chi connectivity index (χ4n) is 2.40.